The monoisotopic (exact) mass is 324 g/mol. The highest BCUT2D eigenvalue weighted by Gasteiger charge is 2.37. The van der Waals surface area contributed by atoms with Crippen LogP contribution in [0.15, 0.2) is 6.20 Å². The molecular formula is C16H25ClN4O. The van der Waals surface area contributed by atoms with Crippen LogP contribution < -0.4 is 5.32 Å². The maximum atomic E-state index is 12.7. The lowest BCUT2D eigenvalue weighted by Gasteiger charge is -2.41. The Morgan fingerprint density at radius 3 is 2.55 bits per heavy atom. The predicted octanol–water partition coefficient (Wildman–Crippen LogP) is 2.60. The fourth-order valence-corrected chi connectivity index (χ4v) is 4.14. The van der Waals surface area contributed by atoms with Crippen LogP contribution in [0, 0.1) is 0 Å². The Labute approximate surface area is 137 Å². The average molecular weight is 325 g/mol. The van der Waals surface area contributed by atoms with Gasteiger partial charge in [0.15, 0.2) is 0 Å². The fraction of sp³-hybridized carbons (Fsp3) is 0.750. The summed E-state index contributed by atoms with van der Waals surface area (Å²) in [6, 6.07) is 0. The number of halogens is 1. The van der Waals surface area contributed by atoms with Crippen molar-refractivity contribution in [2.24, 2.45) is 7.05 Å². The smallest absolute Gasteiger partial charge is 0.271 e. The minimum Gasteiger partial charge on any atom is -0.344 e. The van der Waals surface area contributed by atoms with Gasteiger partial charge in [-0.05, 0) is 38.8 Å². The van der Waals surface area contributed by atoms with Crippen molar-refractivity contribution >= 4 is 17.5 Å². The summed E-state index contributed by atoms with van der Waals surface area (Å²) in [5.41, 5.74) is 0.362. The Morgan fingerprint density at radius 2 is 1.95 bits per heavy atom. The van der Waals surface area contributed by atoms with Gasteiger partial charge >= 0.3 is 0 Å². The van der Waals surface area contributed by atoms with Gasteiger partial charge in [0, 0.05) is 13.6 Å². The molecule has 0 atom stereocenters. The second-order valence-corrected chi connectivity index (χ2v) is 7.15. The van der Waals surface area contributed by atoms with E-state index in [1.54, 1.807) is 11.7 Å². The topological polar surface area (TPSA) is 50.2 Å². The summed E-state index contributed by atoms with van der Waals surface area (Å²) in [6.45, 7) is 3.28. The summed E-state index contributed by atoms with van der Waals surface area (Å²) in [4.78, 5) is 15.2. The van der Waals surface area contributed by atoms with Crippen molar-refractivity contribution in [1.82, 2.24) is 20.0 Å². The summed E-state index contributed by atoms with van der Waals surface area (Å²) < 4.78 is 1.56. The standard InChI is InChI=1S/C16H25ClN4O/c1-20-14(13(17)11-18-20)15(22)19-16(7-3-2-4-8-16)12-21-9-5-6-10-21/h11H,2-10,12H2,1H3,(H,19,22). The molecular weight excluding hydrogens is 300 g/mol. The summed E-state index contributed by atoms with van der Waals surface area (Å²) in [5.74, 6) is -0.0916. The Kier molecular flexibility index (Phi) is 4.73. The van der Waals surface area contributed by atoms with E-state index in [9.17, 15) is 4.79 Å². The molecule has 1 saturated carbocycles. The third-order valence-corrected chi connectivity index (χ3v) is 5.30. The second kappa shape index (κ2) is 6.59. The molecule has 1 N–H and O–H groups in total. The predicted molar refractivity (Wildman–Crippen MR) is 87.2 cm³/mol. The number of rotatable bonds is 4. The van der Waals surface area contributed by atoms with Gasteiger partial charge in [-0.1, -0.05) is 30.9 Å². The summed E-state index contributed by atoms with van der Waals surface area (Å²) >= 11 is 6.12. The Bertz CT molecular complexity index is 511. The second-order valence-electron chi connectivity index (χ2n) is 6.74. The molecule has 22 heavy (non-hydrogen) atoms. The van der Waals surface area contributed by atoms with E-state index in [1.165, 1.54) is 38.3 Å². The number of nitrogens with zero attached hydrogens (tertiary/aromatic N) is 3. The average Bonchev–Trinajstić information content (AvgIpc) is 3.09. The molecule has 0 aromatic carbocycles. The van der Waals surface area contributed by atoms with Gasteiger partial charge in [0.25, 0.3) is 5.91 Å². The molecule has 1 aliphatic carbocycles. The number of likely N-dealkylation sites (tertiary alicyclic amines) is 1. The van der Waals surface area contributed by atoms with Crippen molar-refractivity contribution in [3.63, 3.8) is 0 Å². The fourth-order valence-electron chi connectivity index (χ4n) is 3.89. The molecule has 1 aliphatic heterocycles. The molecule has 0 bridgehead atoms. The molecule has 2 fully saturated rings. The van der Waals surface area contributed by atoms with Crippen molar-refractivity contribution in [3.05, 3.63) is 16.9 Å². The Hall–Kier alpha value is -1.07. The van der Waals surface area contributed by atoms with Gasteiger partial charge in [-0.3, -0.25) is 9.48 Å². The molecule has 0 unspecified atom stereocenters. The normalized spacial score (nSPS) is 21.9. The molecule has 1 amide bonds. The lowest BCUT2D eigenvalue weighted by molar-refractivity contribution is 0.0813. The van der Waals surface area contributed by atoms with Gasteiger partial charge in [-0.15, -0.1) is 0 Å². The lowest BCUT2D eigenvalue weighted by Crippen LogP contribution is -2.56. The minimum atomic E-state index is -0.104. The van der Waals surface area contributed by atoms with Gasteiger partial charge in [0.2, 0.25) is 0 Å². The number of amides is 1. The highest BCUT2D eigenvalue weighted by molar-refractivity contribution is 6.33. The maximum absolute atomic E-state index is 12.7. The Morgan fingerprint density at radius 1 is 1.27 bits per heavy atom. The van der Waals surface area contributed by atoms with Gasteiger partial charge in [0.1, 0.15) is 5.69 Å². The molecule has 3 rings (SSSR count). The number of hydrogen-bond donors (Lipinski definition) is 1. The summed E-state index contributed by atoms with van der Waals surface area (Å²) in [6.07, 6.45) is 9.85. The van der Waals surface area contributed by atoms with E-state index in [2.05, 4.69) is 15.3 Å². The van der Waals surface area contributed by atoms with Crippen LogP contribution in [0.2, 0.25) is 5.02 Å². The molecule has 2 heterocycles. The van der Waals surface area contributed by atoms with E-state index in [4.69, 9.17) is 11.6 Å². The quantitative estimate of drug-likeness (QED) is 0.926. The molecule has 1 saturated heterocycles. The van der Waals surface area contributed by atoms with Crippen LogP contribution in [0.3, 0.4) is 0 Å². The number of carbonyl (C=O) groups is 1. The van der Waals surface area contributed by atoms with E-state index in [0.29, 0.717) is 10.7 Å². The van der Waals surface area contributed by atoms with Crippen molar-refractivity contribution in [3.8, 4) is 0 Å². The third-order valence-electron chi connectivity index (χ3n) is 5.02. The zero-order valence-corrected chi connectivity index (χ0v) is 14.0. The number of aryl methyl sites for hydroxylation is 1. The summed E-state index contributed by atoms with van der Waals surface area (Å²) in [7, 11) is 1.76. The van der Waals surface area contributed by atoms with Crippen LogP contribution in [-0.2, 0) is 7.05 Å². The highest BCUT2D eigenvalue weighted by atomic mass is 35.5. The first kappa shape index (κ1) is 15.8. The number of carbonyl (C=O) groups excluding carboxylic acids is 1. The number of aromatic nitrogens is 2. The lowest BCUT2D eigenvalue weighted by atomic mass is 9.81. The maximum Gasteiger partial charge on any atom is 0.271 e. The SMILES string of the molecule is Cn1ncc(Cl)c1C(=O)NC1(CN2CCCC2)CCCCC1. The van der Waals surface area contributed by atoms with Crippen LogP contribution >= 0.6 is 11.6 Å². The number of hydrogen-bond acceptors (Lipinski definition) is 3. The van der Waals surface area contributed by atoms with E-state index in [1.807, 2.05) is 0 Å². The molecule has 5 nitrogen and oxygen atoms in total. The van der Waals surface area contributed by atoms with Crippen molar-refractivity contribution < 1.29 is 4.79 Å². The van der Waals surface area contributed by atoms with Crippen LogP contribution in [0.25, 0.3) is 0 Å². The zero-order chi connectivity index (χ0) is 15.6. The van der Waals surface area contributed by atoms with Crippen LogP contribution in [0.1, 0.15) is 55.4 Å². The summed E-state index contributed by atoms with van der Waals surface area (Å²) in [5, 5.41) is 7.81. The minimum absolute atomic E-state index is 0.0916. The van der Waals surface area contributed by atoms with E-state index in [0.717, 1.165) is 32.5 Å². The zero-order valence-electron chi connectivity index (χ0n) is 13.3. The van der Waals surface area contributed by atoms with Crippen LogP contribution in [-0.4, -0.2) is 45.8 Å². The molecule has 0 radical (unpaired) electrons. The van der Waals surface area contributed by atoms with Gasteiger partial charge in [0.05, 0.1) is 16.8 Å². The van der Waals surface area contributed by atoms with Gasteiger partial charge in [-0.25, -0.2) is 0 Å². The molecule has 122 valence electrons. The number of nitrogens with one attached hydrogen (secondary N) is 1. The molecule has 2 aliphatic rings. The van der Waals surface area contributed by atoms with Crippen LogP contribution in [0.5, 0.6) is 0 Å². The Balaban J connectivity index is 1.76. The van der Waals surface area contributed by atoms with Gasteiger partial charge < -0.3 is 10.2 Å². The highest BCUT2D eigenvalue weighted by Crippen LogP contribution is 2.31. The van der Waals surface area contributed by atoms with E-state index < -0.39 is 0 Å². The first-order chi connectivity index (χ1) is 10.6. The van der Waals surface area contributed by atoms with Crippen molar-refractivity contribution in [1.29, 1.82) is 0 Å². The molecule has 0 spiro atoms. The first-order valence-corrected chi connectivity index (χ1v) is 8.70. The van der Waals surface area contributed by atoms with Crippen molar-refractivity contribution in [2.75, 3.05) is 19.6 Å². The molecule has 6 heteroatoms. The molecule has 1 aromatic rings. The third kappa shape index (κ3) is 3.30. The molecule has 1 aromatic heterocycles. The van der Waals surface area contributed by atoms with E-state index in [-0.39, 0.29) is 11.4 Å². The van der Waals surface area contributed by atoms with Crippen molar-refractivity contribution in [2.45, 2.75) is 50.5 Å². The largest absolute Gasteiger partial charge is 0.344 e. The van der Waals surface area contributed by atoms with E-state index >= 15 is 0 Å². The first-order valence-electron chi connectivity index (χ1n) is 8.32. The van der Waals surface area contributed by atoms with Gasteiger partial charge in [-0.2, -0.15) is 5.10 Å². The van der Waals surface area contributed by atoms with Crippen LogP contribution in [0.4, 0.5) is 0 Å².